The van der Waals surface area contributed by atoms with Gasteiger partial charge in [0.05, 0.1) is 7.11 Å². The number of carbonyl (C=O) groups excluding carboxylic acids is 1. The molecular weight excluding hydrogens is 228 g/mol. The first kappa shape index (κ1) is 12.3. The number of nitrogens with two attached hydrogens (primary N) is 1. The number of nitrogens with one attached hydrogen (secondary N) is 1. The molecule has 4 aliphatic rings. The van der Waals surface area contributed by atoms with Gasteiger partial charge in [0.2, 0.25) is 0 Å². The Balaban J connectivity index is 1.82. The van der Waals surface area contributed by atoms with E-state index in [1.807, 2.05) is 0 Å². The van der Waals surface area contributed by atoms with Crippen LogP contribution in [0.3, 0.4) is 0 Å². The number of hydrogen-bond donors (Lipinski definition) is 2. The van der Waals surface area contributed by atoms with E-state index in [9.17, 15) is 4.79 Å². The molecule has 2 unspecified atom stereocenters. The molecule has 0 saturated heterocycles. The fourth-order valence-corrected chi connectivity index (χ4v) is 5.46. The lowest BCUT2D eigenvalue weighted by Gasteiger charge is -2.62. The maximum Gasteiger partial charge on any atom is 0.407 e. The van der Waals surface area contributed by atoms with Gasteiger partial charge in [0.25, 0.3) is 0 Å². The number of methoxy groups -OCH3 is 1. The van der Waals surface area contributed by atoms with Crippen LogP contribution < -0.4 is 11.1 Å². The largest absolute Gasteiger partial charge is 0.453 e. The Morgan fingerprint density at radius 2 is 2.00 bits per heavy atom. The van der Waals surface area contributed by atoms with Crippen molar-refractivity contribution in [3.63, 3.8) is 0 Å². The quantitative estimate of drug-likeness (QED) is 0.807. The van der Waals surface area contributed by atoms with Crippen molar-refractivity contribution in [3.05, 3.63) is 0 Å². The zero-order valence-electron chi connectivity index (χ0n) is 11.2. The predicted molar refractivity (Wildman–Crippen MR) is 69.1 cm³/mol. The third-order valence-corrected chi connectivity index (χ3v) is 5.41. The van der Waals surface area contributed by atoms with Gasteiger partial charge in [-0.3, -0.25) is 0 Å². The topological polar surface area (TPSA) is 64.3 Å². The summed E-state index contributed by atoms with van der Waals surface area (Å²) in [6, 6.07) is 0. The van der Waals surface area contributed by atoms with Crippen LogP contribution in [-0.2, 0) is 4.74 Å². The first-order valence-electron chi connectivity index (χ1n) is 7.15. The van der Waals surface area contributed by atoms with Crippen LogP contribution in [0.1, 0.15) is 44.9 Å². The van der Waals surface area contributed by atoms with Crippen LogP contribution in [0, 0.1) is 17.3 Å². The monoisotopic (exact) mass is 252 g/mol. The molecule has 4 rings (SSSR count). The summed E-state index contributed by atoms with van der Waals surface area (Å²) in [5.74, 6) is 1.57. The normalized spacial score (nSPS) is 45.0. The van der Waals surface area contributed by atoms with E-state index in [-0.39, 0.29) is 11.6 Å². The lowest BCUT2D eigenvalue weighted by Crippen LogP contribution is -2.63. The van der Waals surface area contributed by atoms with Gasteiger partial charge in [-0.2, -0.15) is 0 Å². The van der Waals surface area contributed by atoms with Crippen LogP contribution in [0.2, 0.25) is 0 Å². The zero-order chi connectivity index (χ0) is 12.8. The van der Waals surface area contributed by atoms with Crippen molar-refractivity contribution < 1.29 is 9.53 Å². The minimum absolute atomic E-state index is 0.00630. The number of alkyl carbamates (subject to hydrolysis) is 1. The van der Waals surface area contributed by atoms with E-state index in [1.54, 1.807) is 0 Å². The third-order valence-electron chi connectivity index (χ3n) is 5.41. The number of amides is 1. The highest BCUT2D eigenvalue weighted by atomic mass is 16.5. The summed E-state index contributed by atoms with van der Waals surface area (Å²) in [6.45, 7) is 0.772. The predicted octanol–water partition coefficient (Wildman–Crippen LogP) is 2.03. The Hall–Kier alpha value is -0.770. The van der Waals surface area contributed by atoms with E-state index in [2.05, 4.69) is 5.32 Å². The highest BCUT2D eigenvalue weighted by molar-refractivity contribution is 5.68. The molecule has 4 saturated carbocycles. The first-order chi connectivity index (χ1) is 8.59. The Morgan fingerprint density at radius 1 is 1.33 bits per heavy atom. The smallest absolute Gasteiger partial charge is 0.407 e. The Labute approximate surface area is 109 Å². The average Bonchev–Trinajstić information content (AvgIpc) is 2.26. The molecule has 0 aromatic carbocycles. The van der Waals surface area contributed by atoms with Crippen molar-refractivity contribution in [2.45, 2.75) is 50.5 Å². The molecule has 0 aromatic heterocycles. The third kappa shape index (κ3) is 1.91. The Kier molecular flexibility index (Phi) is 2.81. The summed E-state index contributed by atoms with van der Waals surface area (Å²) in [4.78, 5) is 11.6. The molecule has 0 aromatic rings. The molecule has 18 heavy (non-hydrogen) atoms. The maximum atomic E-state index is 11.6. The molecule has 1 amide bonds. The molecule has 0 spiro atoms. The summed E-state index contributed by atoms with van der Waals surface area (Å²) in [6.07, 6.45) is 8.26. The van der Waals surface area contributed by atoms with Crippen LogP contribution in [0.25, 0.3) is 0 Å². The minimum Gasteiger partial charge on any atom is -0.453 e. The number of rotatable bonds is 3. The standard InChI is InChI=1S/C14H24N2O2/c1-18-12(17)16-14-7-10-4-11(8-14)6-13(5-10,9-14)2-3-15/h10-11H,2-9,15H2,1H3,(H,16,17). The fraction of sp³-hybridized carbons (Fsp3) is 0.929. The molecule has 0 radical (unpaired) electrons. The van der Waals surface area contributed by atoms with E-state index in [4.69, 9.17) is 10.5 Å². The molecule has 0 heterocycles. The van der Waals surface area contributed by atoms with Crippen LogP contribution in [0.4, 0.5) is 4.79 Å². The second-order valence-corrected chi connectivity index (χ2v) is 6.90. The van der Waals surface area contributed by atoms with Crippen LogP contribution in [0.15, 0.2) is 0 Å². The summed E-state index contributed by atoms with van der Waals surface area (Å²) in [5, 5.41) is 3.16. The van der Waals surface area contributed by atoms with Crippen LogP contribution in [-0.4, -0.2) is 25.3 Å². The molecular formula is C14H24N2O2. The van der Waals surface area contributed by atoms with E-state index >= 15 is 0 Å². The molecule has 102 valence electrons. The van der Waals surface area contributed by atoms with E-state index in [0.717, 1.165) is 44.1 Å². The van der Waals surface area contributed by atoms with Gasteiger partial charge < -0.3 is 15.8 Å². The van der Waals surface area contributed by atoms with Gasteiger partial charge in [-0.15, -0.1) is 0 Å². The molecule has 3 N–H and O–H groups in total. The van der Waals surface area contributed by atoms with E-state index < -0.39 is 0 Å². The average molecular weight is 252 g/mol. The number of hydrogen-bond acceptors (Lipinski definition) is 3. The van der Waals surface area contributed by atoms with Crippen molar-refractivity contribution in [2.75, 3.05) is 13.7 Å². The van der Waals surface area contributed by atoms with Crippen molar-refractivity contribution in [1.82, 2.24) is 5.32 Å². The zero-order valence-corrected chi connectivity index (χ0v) is 11.2. The number of ether oxygens (including phenoxy) is 1. The number of carbonyl (C=O) groups is 1. The van der Waals surface area contributed by atoms with Gasteiger partial charge in [0, 0.05) is 5.54 Å². The minimum atomic E-state index is -0.264. The molecule has 4 heteroatoms. The summed E-state index contributed by atoms with van der Waals surface area (Å²) < 4.78 is 4.81. The molecule has 4 aliphatic carbocycles. The molecule has 4 nitrogen and oxygen atoms in total. The first-order valence-corrected chi connectivity index (χ1v) is 7.15. The maximum absolute atomic E-state index is 11.6. The highest BCUT2D eigenvalue weighted by Crippen LogP contribution is 2.62. The molecule has 0 aliphatic heterocycles. The van der Waals surface area contributed by atoms with Crippen molar-refractivity contribution in [3.8, 4) is 0 Å². The van der Waals surface area contributed by atoms with Crippen molar-refractivity contribution in [1.29, 1.82) is 0 Å². The lowest BCUT2D eigenvalue weighted by atomic mass is 9.46. The molecule has 2 atom stereocenters. The van der Waals surface area contributed by atoms with Gasteiger partial charge in [0.1, 0.15) is 0 Å². The van der Waals surface area contributed by atoms with Crippen molar-refractivity contribution >= 4 is 6.09 Å². The lowest BCUT2D eigenvalue weighted by molar-refractivity contribution is -0.0817. The molecule has 4 bridgehead atoms. The summed E-state index contributed by atoms with van der Waals surface area (Å²) in [5.41, 5.74) is 6.22. The van der Waals surface area contributed by atoms with E-state index in [1.165, 1.54) is 26.4 Å². The Morgan fingerprint density at radius 3 is 2.56 bits per heavy atom. The second kappa shape index (κ2) is 4.12. The molecule has 4 fully saturated rings. The second-order valence-electron chi connectivity index (χ2n) is 6.90. The van der Waals surface area contributed by atoms with Gasteiger partial charge >= 0.3 is 6.09 Å². The van der Waals surface area contributed by atoms with Crippen molar-refractivity contribution in [2.24, 2.45) is 23.0 Å². The Bertz CT molecular complexity index is 342. The summed E-state index contributed by atoms with van der Waals surface area (Å²) in [7, 11) is 1.45. The highest BCUT2D eigenvalue weighted by Gasteiger charge is 2.57. The van der Waals surface area contributed by atoms with Crippen LogP contribution in [0.5, 0.6) is 0 Å². The van der Waals surface area contributed by atoms with Crippen LogP contribution >= 0.6 is 0 Å². The fourth-order valence-electron chi connectivity index (χ4n) is 5.46. The SMILES string of the molecule is COC(=O)NC12CC3CC(CC(CCN)(C3)C1)C2. The van der Waals surface area contributed by atoms with Gasteiger partial charge in [-0.25, -0.2) is 4.79 Å². The summed E-state index contributed by atoms with van der Waals surface area (Å²) >= 11 is 0. The van der Waals surface area contributed by atoms with Gasteiger partial charge in [-0.1, -0.05) is 0 Å². The van der Waals surface area contributed by atoms with Gasteiger partial charge in [0.15, 0.2) is 0 Å². The van der Waals surface area contributed by atoms with Gasteiger partial charge in [-0.05, 0) is 68.7 Å². The van der Waals surface area contributed by atoms with E-state index in [0.29, 0.717) is 5.41 Å².